The Bertz CT molecular complexity index is 3120. The minimum atomic E-state index is -2.31. The maximum atomic E-state index is 8.85. The molecular formula is C55H57GeIrN3O-2. The number of fused-ring (bicyclic) bond motifs is 6. The first-order valence-corrected chi connectivity index (χ1v) is 28.2. The SMILES string of the molecule is CC(C)(C)c1ccc(-n2c(-c3[c-]cc4oc5ccccc5c4c3)nc3c4ccccc4ccc32)cc1.[2H]C(C)(C)c1c[c-]c(-c2cc(C([2H])([2H])C(C)(C)C)[c]([Ge]([CH3])([CH3])[CH3])cn2)cc1.[Ir]. The Morgan fingerprint density at radius 2 is 1.44 bits per heavy atom. The van der Waals surface area contributed by atoms with Gasteiger partial charge < -0.3 is 8.98 Å². The van der Waals surface area contributed by atoms with Gasteiger partial charge >= 0.3 is 155 Å². The van der Waals surface area contributed by atoms with Gasteiger partial charge in [-0.1, -0.05) is 86.8 Å². The predicted molar refractivity (Wildman–Crippen MR) is 258 cm³/mol. The second-order valence-electron chi connectivity index (χ2n) is 19.2. The minimum absolute atomic E-state index is 0. The molecular weight excluding hydrogens is 983 g/mol. The molecule has 3 heterocycles. The van der Waals surface area contributed by atoms with Gasteiger partial charge in [0.15, 0.2) is 0 Å². The van der Waals surface area contributed by atoms with E-state index in [9.17, 15) is 0 Å². The van der Waals surface area contributed by atoms with Crippen LogP contribution in [0.4, 0.5) is 0 Å². The molecule has 3 aromatic heterocycles. The molecule has 61 heavy (non-hydrogen) atoms. The molecule has 9 aromatic rings. The molecule has 4 nitrogen and oxygen atoms in total. The van der Waals surface area contributed by atoms with Crippen molar-refractivity contribution in [3.8, 4) is 28.3 Å². The molecule has 6 heteroatoms. The Balaban J connectivity index is 0.000000197. The minimum Gasteiger partial charge on any atom is 0 e. The fourth-order valence-corrected chi connectivity index (χ4v) is 10.7. The monoisotopic (exact) mass is 1050 g/mol. The third-order valence-electron chi connectivity index (χ3n) is 11.0. The number of para-hydroxylation sites is 1. The van der Waals surface area contributed by atoms with Gasteiger partial charge in [-0.05, 0) is 40.6 Å². The summed E-state index contributed by atoms with van der Waals surface area (Å²) in [5, 5.41) is 4.51. The largest absolute Gasteiger partial charge is 0 e. The van der Waals surface area contributed by atoms with Crippen molar-refractivity contribution in [3.05, 3.63) is 156 Å². The van der Waals surface area contributed by atoms with E-state index in [0.29, 0.717) is 0 Å². The van der Waals surface area contributed by atoms with Crippen LogP contribution in [0.2, 0.25) is 17.3 Å². The Morgan fingerprint density at radius 3 is 2.10 bits per heavy atom. The number of nitrogens with zero attached hydrogens (tertiary/aromatic N) is 3. The molecule has 0 amide bonds. The van der Waals surface area contributed by atoms with Gasteiger partial charge in [-0.25, -0.2) is 0 Å². The molecule has 0 atom stereocenters. The van der Waals surface area contributed by atoms with Gasteiger partial charge in [-0.3, -0.25) is 4.98 Å². The Hall–Kier alpha value is -4.81. The van der Waals surface area contributed by atoms with E-state index in [-0.39, 0.29) is 25.5 Å². The topological polar surface area (TPSA) is 43.9 Å². The van der Waals surface area contributed by atoms with Gasteiger partial charge in [0.1, 0.15) is 5.58 Å². The summed E-state index contributed by atoms with van der Waals surface area (Å²) in [6.07, 6.45) is 0.437. The second-order valence-corrected chi connectivity index (χ2v) is 29.7. The number of aromatic nitrogens is 3. The van der Waals surface area contributed by atoms with Crippen LogP contribution in [0.3, 0.4) is 0 Å². The van der Waals surface area contributed by atoms with Crippen LogP contribution >= 0.6 is 0 Å². The normalized spacial score (nSPS) is 13.4. The van der Waals surface area contributed by atoms with Crippen LogP contribution in [0, 0.1) is 17.5 Å². The van der Waals surface area contributed by atoms with Crippen molar-refractivity contribution in [2.75, 3.05) is 0 Å². The first-order valence-electron chi connectivity index (χ1n) is 22.4. The van der Waals surface area contributed by atoms with Gasteiger partial charge in [0, 0.05) is 36.6 Å². The number of imidazole rings is 1. The first-order chi connectivity index (χ1) is 29.5. The Labute approximate surface area is 382 Å². The number of furan rings is 1. The summed E-state index contributed by atoms with van der Waals surface area (Å²) in [5.74, 6) is 7.03. The van der Waals surface area contributed by atoms with Gasteiger partial charge in [0.2, 0.25) is 0 Å². The predicted octanol–water partition coefficient (Wildman–Crippen LogP) is 14.6. The van der Waals surface area contributed by atoms with Crippen molar-refractivity contribution < 1.29 is 28.6 Å². The summed E-state index contributed by atoms with van der Waals surface area (Å²) in [4.78, 5) is 9.90. The Morgan fingerprint density at radius 1 is 0.754 bits per heavy atom. The summed E-state index contributed by atoms with van der Waals surface area (Å²) in [6, 6.07) is 48.3. The summed E-state index contributed by atoms with van der Waals surface area (Å²) < 4.78 is 35.3. The quantitative estimate of drug-likeness (QED) is 0.123. The van der Waals surface area contributed by atoms with Gasteiger partial charge in [0.25, 0.3) is 0 Å². The molecule has 0 aliphatic heterocycles. The Kier molecular flexibility index (Phi) is 11.3. The fourth-order valence-electron chi connectivity index (χ4n) is 7.77. The molecule has 0 aliphatic carbocycles. The summed E-state index contributed by atoms with van der Waals surface area (Å²) in [7, 11) is 0. The molecule has 1 radical (unpaired) electrons. The number of benzene rings is 6. The molecule has 0 unspecified atom stereocenters. The van der Waals surface area contributed by atoms with E-state index in [2.05, 4.69) is 133 Å². The van der Waals surface area contributed by atoms with E-state index in [1.165, 1.54) is 10.9 Å². The zero-order valence-electron chi connectivity index (χ0n) is 40.2. The molecule has 0 bridgehead atoms. The molecule has 0 spiro atoms. The van der Waals surface area contributed by atoms with Crippen molar-refractivity contribution in [1.82, 2.24) is 14.5 Å². The molecule has 0 saturated carbocycles. The summed E-state index contributed by atoms with van der Waals surface area (Å²) in [5.41, 5.74) is 9.94. The van der Waals surface area contributed by atoms with Gasteiger partial charge in [-0.2, -0.15) is 0 Å². The molecule has 0 N–H and O–H groups in total. The van der Waals surface area contributed by atoms with Crippen molar-refractivity contribution >= 4 is 61.4 Å². The smallest absolute Gasteiger partial charge is 0 e. The van der Waals surface area contributed by atoms with Gasteiger partial charge in [-0.15, -0.1) is 23.8 Å². The van der Waals surface area contributed by atoms with Crippen LogP contribution in [0.25, 0.3) is 72.1 Å². The zero-order valence-corrected chi connectivity index (χ0v) is 41.7. The van der Waals surface area contributed by atoms with Crippen LogP contribution in [-0.2, 0) is 31.9 Å². The third-order valence-corrected chi connectivity index (χ3v) is 15.2. The van der Waals surface area contributed by atoms with E-state index in [0.717, 1.165) is 82.2 Å². The molecule has 0 fully saturated rings. The van der Waals surface area contributed by atoms with Crippen LogP contribution in [0.1, 0.15) is 82.1 Å². The summed E-state index contributed by atoms with van der Waals surface area (Å²) >= 11 is -2.31. The van der Waals surface area contributed by atoms with Crippen molar-refractivity contribution in [1.29, 1.82) is 0 Å². The van der Waals surface area contributed by atoms with E-state index < -0.39 is 30.9 Å². The van der Waals surface area contributed by atoms with Gasteiger partial charge in [0.05, 0.1) is 22.4 Å². The average molecular weight is 1040 g/mol. The number of rotatable bonds is 6. The molecule has 9 rings (SSSR count). The van der Waals surface area contributed by atoms with Crippen molar-refractivity contribution in [2.45, 2.75) is 90.3 Å². The number of pyridine rings is 1. The van der Waals surface area contributed by atoms with Crippen LogP contribution in [0.15, 0.2) is 132 Å². The van der Waals surface area contributed by atoms with E-state index in [4.69, 9.17) is 13.5 Å². The molecule has 0 aliphatic rings. The van der Waals surface area contributed by atoms with E-state index >= 15 is 0 Å². The maximum absolute atomic E-state index is 8.85. The molecule has 313 valence electrons. The van der Waals surface area contributed by atoms with E-state index in [1.807, 2.05) is 89.3 Å². The van der Waals surface area contributed by atoms with Crippen molar-refractivity contribution in [3.63, 3.8) is 0 Å². The summed E-state index contributed by atoms with van der Waals surface area (Å²) in [6.45, 7) is 16.3. The standard InChI is InChI=1S/C33H25N2O.C22H32GeN.Ir/c1-33(2,3)23-14-16-24(17-15-23)35-28-18-12-21-8-4-5-9-25(21)31(28)34-32(35)22-13-19-30-27(20-22)26-10-6-7-11-29(26)36-30;1-16(2)17-9-11-18(12-10-17)21-13-19(14-22(3,4)5)20(15-24-21)23(6,7)8;/h4-12,14-20H,1-3H3;9-11,13,15-16H,14H2,1-8H3;/q2*-1;/i;14D2,16D;. The zero-order chi connectivity index (χ0) is 45.3. The number of hydrogen-bond acceptors (Lipinski definition) is 3. The van der Waals surface area contributed by atoms with Crippen LogP contribution in [0.5, 0.6) is 0 Å². The molecule has 6 aromatic carbocycles. The van der Waals surface area contributed by atoms with Crippen molar-refractivity contribution in [2.24, 2.45) is 5.41 Å². The third kappa shape index (κ3) is 9.36. The second kappa shape index (κ2) is 17.2. The van der Waals surface area contributed by atoms with Crippen LogP contribution in [-0.4, -0.2) is 27.8 Å². The maximum Gasteiger partial charge on any atom is 0 e. The first kappa shape index (κ1) is 40.3. The average Bonchev–Trinajstić information content (AvgIpc) is 3.81. The molecule has 0 saturated heterocycles. The number of hydrogen-bond donors (Lipinski definition) is 0. The fraction of sp³-hybridized carbons (Fsp3) is 0.273. The van der Waals surface area contributed by atoms with E-state index in [1.54, 1.807) is 0 Å². The van der Waals surface area contributed by atoms with Crippen LogP contribution < -0.4 is 4.40 Å².